The predicted octanol–water partition coefficient (Wildman–Crippen LogP) is 10.9. The third-order valence-electron chi connectivity index (χ3n) is 10.1. The van der Waals surface area contributed by atoms with Gasteiger partial charge in [-0.1, -0.05) is 78.9 Å². The van der Waals surface area contributed by atoms with Gasteiger partial charge in [0.2, 0.25) is 0 Å². The van der Waals surface area contributed by atoms with Crippen molar-refractivity contribution in [3.63, 3.8) is 0 Å². The number of benzene rings is 5. The predicted molar refractivity (Wildman–Crippen MR) is 206 cm³/mol. The molecule has 0 fully saturated rings. The van der Waals surface area contributed by atoms with Crippen LogP contribution in [-0.4, -0.2) is 10.6 Å². The number of hydrogen-bond donors (Lipinski definition) is 0. The number of rotatable bonds is 5. The summed E-state index contributed by atoms with van der Waals surface area (Å²) < 4.78 is 2.26. The van der Waals surface area contributed by atoms with Crippen LogP contribution in [0, 0.1) is 34.0 Å². The number of anilines is 1. The molecule has 242 valence electrons. The molecule has 5 aromatic carbocycles. The molecule has 1 aliphatic carbocycles. The molecule has 2 aliphatic rings. The fraction of sp³-hybridized carbons (Fsp3) is 0.109. The molecule has 1 aliphatic heterocycles. The van der Waals surface area contributed by atoms with Gasteiger partial charge in [-0.15, -0.1) is 0 Å². The second kappa shape index (κ2) is 12.9. The molecular formula is C46H33N5. The van der Waals surface area contributed by atoms with Gasteiger partial charge in [-0.3, -0.25) is 0 Å². The standard InChI is InChI=1S/C46H33N5/c1-3-8-36-23-30(2)41-24-32(28-48)15-22-45(41)50(36)35-18-16-34(17-19-35)42-25-31(27-47)13-20-37(42)40-21-14-33(29-49)26-46(40)51-43-11-6-4-9-38(43)39-10-5-7-12-44(39)51/h3-16,18-26,34,36H,17H2,1-2H3/b8-3-. The SMILES string of the molecule is C/C=C\C1C=C(C)c2cc(C#N)ccc2N1C1=CCC(c2cc(C#N)ccc2-c2ccc(C#N)cc2-n2c3ccccc3c3ccccc32)C=C1. The van der Waals surface area contributed by atoms with Crippen LogP contribution in [0.25, 0.3) is 44.2 Å². The first kappa shape index (κ1) is 31.4. The molecule has 0 bridgehead atoms. The lowest BCUT2D eigenvalue weighted by molar-refractivity contribution is 0.812. The number of hydrogen-bond acceptors (Lipinski definition) is 4. The zero-order valence-corrected chi connectivity index (χ0v) is 28.4. The molecule has 8 rings (SSSR count). The van der Waals surface area contributed by atoms with Crippen molar-refractivity contribution in [1.82, 2.24) is 4.57 Å². The maximum Gasteiger partial charge on any atom is 0.0992 e. The van der Waals surface area contributed by atoms with E-state index in [1.54, 1.807) is 0 Å². The molecule has 0 saturated carbocycles. The highest BCUT2D eigenvalue weighted by atomic mass is 15.2. The van der Waals surface area contributed by atoms with Gasteiger partial charge in [-0.2, -0.15) is 15.8 Å². The maximum absolute atomic E-state index is 10.0. The van der Waals surface area contributed by atoms with Crippen LogP contribution >= 0.6 is 0 Å². The second-order valence-corrected chi connectivity index (χ2v) is 13.0. The zero-order valence-electron chi connectivity index (χ0n) is 28.4. The summed E-state index contributed by atoms with van der Waals surface area (Å²) in [6.07, 6.45) is 14.0. The molecule has 0 amide bonds. The van der Waals surface area contributed by atoms with Crippen LogP contribution in [0.4, 0.5) is 5.69 Å². The molecule has 0 N–H and O–H groups in total. The van der Waals surface area contributed by atoms with Gasteiger partial charge >= 0.3 is 0 Å². The maximum atomic E-state index is 10.0. The Morgan fingerprint density at radius 3 is 1.96 bits per heavy atom. The van der Waals surface area contributed by atoms with Crippen LogP contribution in [0.3, 0.4) is 0 Å². The fourth-order valence-corrected chi connectivity index (χ4v) is 7.76. The van der Waals surface area contributed by atoms with Gasteiger partial charge in [0.25, 0.3) is 0 Å². The topological polar surface area (TPSA) is 79.5 Å². The second-order valence-electron chi connectivity index (χ2n) is 13.0. The Kier molecular flexibility index (Phi) is 7.92. The van der Waals surface area contributed by atoms with E-state index in [0.29, 0.717) is 16.7 Å². The van der Waals surface area contributed by atoms with Gasteiger partial charge < -0.3 is 9.47 Å². The largest absolute Gasteiger partial charge is 0.331 e. The minimum Gasteiger partial charge on any atom is -0.331 e. The molecule has 6 aromatic rings. The van der Waals surface area contributed by atoms with E-state index in [-0.39, 0.29) is 12.0 Å². The number of aromatic nitrogens is 1. The summed E-state index contributed by atoms with van der Waals surface area (Å²) in [5.74, 6) is 0.0152. The highest BCUT2D eigenvalue weighted by molar-refractivity contribution is 6.09. The van der Waals surface area contributed by atoms with E-state index >= 15 is 0 Å². The number of fused-ring (bicyclic) bond motifs is 4. The zero-order chi connectivity index (χ0) is 35.1. The van der Waals surface area contributed by atoms with E-state index < -0.39 is 0 Å². The van der Waals surface area contributed by atoms with Crippen molar-refractivity contribution < 1.29 is 0 Å². The van der Waals surface area contributed by atoms with Crippen molar-refractivity contribution in [2.75, 3.05) is 4.90 Å². The van der Waals surface area contributed by atoms with E-state index in [0.717, 1.165) is 73.1 Å². The molecule has 2 unspecified atom stereocenters. The molecule has 51 heavy (non-hydrogen) atoms. The lowest BCUT2D eigenvalue weighted by atomic mass is 9.84. The Morgan fingerprint density at radius 1 is 0.686 bits per heavy atom. The van der Waals surface area contributed by atoms with Crippen LogP contribution in [-0.2, 0) is 0 Å². The fourth-order valence-electron chi connectivity index (χ4n) is 7.76. The van der Waals surface area contributed by atoms with Crippen molar-refractivity contribution in [2.45, 2.75) is 32.2 Å². The molecular weight excluding hydrogens is 623 g/mol. The van der Waals surface area contributed by atoms with Crippen LogP contribution in [0.5, 0.6) is 0 Å². The van der Waals surface area contributed by atoms with E-state index in [9.17, 15) is 15.8 Å². The van der Waals surface area contributed by atoms with Crippen molar-refractivity contribution >= 4 is 33.1 Å². The highest BCUT2D eigenvalue weighted by Crippen LogP contribution is 2.43. The Bertz CT molecular complexity index is 2590. The average molecular weight is 656 g/mol. The minimum absolute atomic E-state index is 0.0152. The number of para-hydroxylation sites is 2. The summed E-state index contributed by atoms with van der Waals surface area (Å²) in [5, 5.41) is 31.9. The monoisotopic (exact) mass is 655 g/mol. The summed E-state index contributed by atoms with van der Waals surface area (Å²) in [7, 11) is 0. The normalized spacial score (nSPS) is 16.7. The Hall–Kier alpha value is -6.87. The Labute approximate surface area is 297 Å². The molecule has 2 atom stereocenters. The lowest BCUT2D eigenvalue weighted by Gasteiger charge is -2.38. The highest BCUT2D eigenvalue weighted by Gasteiger charge is 2.28. The number of nitrogens with zero attached hydrogens (tertiary/aromatic N) is 5. The first-order valence-corrected chi connectivity index (χ1v) is 17.1. The van der Waals surface area contributed by atoms with Gasteiger partial charge in [0.1, 0.15) is 0 Å². The van der Waals surface area contributed by atoms with Gasteiger partial charge in [-0.05, 0) is 97.6 Å². The van der Waals surface area contributed by atoms with Crippen molar-refractivity contribution in [1.29, 1.82) is 15.8 Å². The Morgan fingerprint density at radius 2 is 1.31 bits per heavy atom. The van der Waals surface area contributed by atoms with Crippen LogP contribution in [0.2, 0.25) is 0 Å². The summed E-state index contributed by atoms with van der Waals surface area (Å²) >= 11 is 0. The molecule has 5 nitrogen and oxygen atoms in total. The quantitative estimate of drug-likeness (QED) is 0.173. The first-order valence-electron chi connectivity index (χ1n) is 17.1. The first-order chi connectivity index (χ1) is 25.0. The van der Waals surface area contributed by atoms with Crippen LogP contribution in [0.15, 0.2) is 145 Å². The lowest BCUT2D eigenvalue weighted by Crippen LogP contribution is -2.35. The summed E-state index contributed by atoms with van der Waals surface area (Å²) in [6, 6.07) is 41.6. The molecule has 0 saturated heterocycles. The third-order valence-corrected chi connectivity index (χ3v) is 10.1. The number of nitriles is 3. The van der Waals surface area contributed by atoms with Gasteiger partial charge in [0, 0.05) is 39.2 Å². The summed E-state index contributed by atoms with van der Waals surface area (Å²) in [5.41, 5.74) is 12.4. The molecule has 5 heteroatoms. The molecule has 0 spiro atoms. The Balaban J connectivity index is 1.25. The van der Waals surface area contributed by atoms with Crippen LogP contribution in [0.1, 0.15) is 54.0 Å². The molecule has 2 heterocycles. The third kappa shape index (κ3) is 5.32. The van der Waals surface area contributed by atoms with E-state index in [4.69, 9.17) is 0 Å². The van der Waals surface area contributed by atoms with Crippen molar-refractivity contribution in [2.24, 2.45) is 0 Å². The minimum atomic E-state index is 0.0152. The van der Waals surface area contributed by atoms with Crippen molar-refractivity contribution in [3.8, 4) is 35.0 Å². The van der Waals surface area contributed by atoms with Gasteiger partial charge in [0.05, 0.1) is 57.7 Å². The summed E-state index contributed by atoms with van der Waals surface area (Å²) in [6.45, 7) is 4.15. The average Bonchev–Trinajstić information content (AvgIpc) is 3.52. The number of allylic oxidation sites excluding steroid dienone is 5. The molecule has 0 radical (unpaired) electrons. The van der Waals surface area contributed by atoms with E-state index in [1.807, 2.05) is 49.4 Å². The van der Waals surface area contributed by atoms with Crippen LogP contribution < -0.4 is 4.90 Å². The van der Waals surface area contributed by atoms with Gasteiger partial charge in [-0.25, -0.2) is 0 Å². The van der Waals surface area contributed by atoms with E-state index in [1.165, 1.54) is 0 Å². The molecule has 1 aromatic heterocycles. The van der Waals surface area contributed by atoms with Crippen molar-refractivity contribution in [3.05, 3.63) is 173 Å². The smallest absolute Gasteiger partial charge is 0.0992 e. The van der Waals surface area contributed by atoms with Gasteiger partial charge in [0.15, 0.2) is 0 Å². The summed E-state index contributed by atoms with van der Waals surface area (Å²) in [4.78, 5) is 2.34. The van der Waals surface area contributed by atoms with E-state index in [2.05, 4.69) is 132 Å².